The van der Waals surface area contributed by atoms with Gasteiger partial charge in [-0.2, -0.15) is 0 Å². The second kappa shape index (κ2) is 5.27. The van der Waals surface area contributed by atoms with E-state index < -0.39 is 0 Å². The third-order valence-corrected chi connectivity index (χ3v) is 4.95. The van der Waals surface area contributed by atoms with Crippen LogP contribution in [0.3, 0.4) is 0 Å². The van der Waals surface area contributed by atoms with Crippen LogP contribution in [0.5, 0.6) is 0 Å². The predicted molar refractivity (Wildman–Crippen MR) is 74.2 cm³/mol. The minimum atomic E-state index is 0.349. The topological polar surface area (TPSA) is 15.3 Å². The summed E-state index contributed by atoms with van der Waals surface area (Å²) in [5.74, 6) is 1.85. The van der Waals surface area contributed by atoms with E-state index in [0.29, 0.717) is 5.54 Å². The molecule has 1 heterocycles. The van der Waals surface area contributed by atoms with Crippen LogP contribution in [0.25, 0.3) is 0 Å². The standard InChI is InChI=1S/C15H30N2/c1-5-15(4)11-17(7-6-16-15)14-9-12(2)8-13(3)10-14/h12-14,16H,5-11H2,1-4H3. The molecule has 1 saturated carbocycles. The molecule has 3 unspecified atom stereocenters. The van der Waals surface area contributed by atoms with Crippen molar-refractivity contribution in [1.82, 2.24) is 10.2 Å². The van der Waals surface area contributed by atoms with E-state index in [9.17, 15) is 0 Å². The van der Waals surface area contributed by atoms with Gasteiger partial charge < -0.3 is 5.32 Å². The van der Waals surface area contributed by atoms with Gasteiger partial charge in [-0.05, 0) is 44.4 Å². The van der Waals surface area contributed by atoms with Crippen LogP contribution in [0.2, 0.25) is 0 Å². The predicted octanol–water partition coefficient (Wildman–Crippen LogP) is 2.89. The minimum Gasteiger partial charge on any atom is -0.309 e. The van der Waals surface area contributed by atoms with Crippen LogP contribution in [-0.4, -0.2) is 36.1 Å². The number of nitrogens with one attached hydrogen (secondary N) is 1. The third-order valence-electron chi connectivity index (χ3n) is 4.95. The van der Waals surface area contributed by atoms with Gasteiger partial charge in [-0.1, -0.05) is 20.8 Å². The first-order chi connectivity index (χ1) is 8.02. The highest BCUT2D eigenvalue weighted by atomic mass is 15.2. The van der Waals surface area contributed by atoms with Crippen molar-refractivity contribution in [2.75, 3.05) is 19.6 Å². The first-order valence-electron chi connectivity index (χ1n) is 7.51. The molecule has 3 atom stereocenters. The quantitative estimate of drug-likeness (QED) is 0.796. The lowest BCUT2D eigenvalue weighted by Gasteiger charge is -2.47. The zero-order valence-corrected chi connectivity index (χ0v) is 12.1. The van der Waals surface area contributed by atoms with E-state index in [1.807, 2.05) is 0 Å². The van der Waals surface area contributed by atoms with Crippen molar-refractivity contribution in [2.45, 2.75) is 65.0 Å². The molecule has 0 aromatic heterocycles. The lowest BCUT2D eigenvalue weighted by atomic mass is 9.79. The molecule has 1 aliphatic heterocycles. The Kier molecular flexibility index (Phi) is 4.14. The highest BCUT2D eigenvalue weighted by molar-refractivity contribution is 4.93. The molecule has 0 aromatic carbocycles. The number of hydrogen-bond acceptors (Lipinski definition) is 2. The maximum absolute atomic E-state index is 3.69. The highest BCUT2D eigenvalue weighted by Gasteiger charge is 2.35. The summed E-state index contributed by atoms with van der Waals surface area (Å²) >= 11 is 0. The highest BCUT2D eigenvalue weighted by Crippen LogP contribution is 2.32. The Bertz CT molecular complexity index is 243. The molecule has 0 radical (unpaired) electrons. The van der Waals surface area contributed by atoms with Gasteiger partial charge in [0.05, 0.1) is 0 Å². The normalized spacial score (nSPS) is 44.8. The molecule has 17 heavy (non-hydrogen) atoms. The van der Waals surface area contributed by atoms with E-state index >= 15 is 0 Å². The fraction of sp³-hybridized carbons (Fsp3) is 1.00. The third kappa shape index (κ3) is 3.23. The maximum atomic E-state index is 3.69. The first kappa shape index (κ1) is 13.4. The molecule has 1 aliphatic carbocycles. The summed E-state index contributed by atoms with van der Waals surface area (Å²) in [7, 11) is 0. The number of rotatable bonds is 2. The van der Waals surface area contributed by atoms with Gasteiger partial charge in [0.2, 0.25) is 0 Å². The summed E-state index contributed by atoms with van der Waals surface area (Å²) in [5.41, 5.74) is 0.349. The average Bonchev–Trinajstić information content (AvgIpc) is 2.28. The van der Waals surface area contributed by atoms with Gasteiger partial charge in [-0.15, -0.1) is 0 Å². The molecular formula is C15H30N2. The Morgan fingerprint density at radius 3 is 2.41 bits per heavy atom. The van der Waals surface area contributed by atoms with Gasteiger partial charge in [0, 0.05) is 31.2 Å². The molecule has 100 valence electrons. The lowest BCUT2D eigenvalue weighted by molar-refractivity contribution is 0.0548. The second-order valence-corrected chi connectivity index (χ2v) is 6.88. The minimum absolute atomic E-state index is 0.349. The van der Waals surface area contributed by atoms with Crippen LogP contribution in [0.4, 0.5) is 0 Å². The van der Waals surface area contributed by atoms with E-state index in [0.717, 1.165) is 17.9 Å². The summed E-state index contributed by atoms with van der Waals surface area (Å²) in [4.78, 5) is 2.77. The molecule has 0 aromatic rings. The van der Waals surface area contributed by atoms with E-state index in [1.54, 1.807) is 0 Å². The molecule has 0 spiro atoms. The monoisotopic (exact) mass is 238 g/mol. The van der Waals surface area contributed by atoms with Crippen molar-refractivity contribution < 1.29 is 0 Å². The average molecular weight is 238 g/mol. The van der Waals surface area contributed by atoms with E-state index in [-0.39, 0.29) is 0 Å². The van der Waals surface area contributed by atoms with Crippen molar-refractivity contribution in [1.29, 1.82) is 0 Å². The van der Waals surface area contributed by atoms with E-state index in [2.05, 4.69) is 37.9 Å². The van der Waals surface area contributed by atoms with Gasteiger partial charge in [-0.3, -0.25) is 4.90 Å². The summed E-state index contributed by atoms with van der Waals surface area (Å²) in [5, 5.41) is 3.69. The van der Waals surface area contributed by atoms with Gasteiger partial charge in [0.15, 0.2) is 0 Å². The van der Waals surface area contributed by atoms with Crippen molar-refractivity contribution in [3.8, 4) is 0 Å². The number of nitrogens with zero attached hydrogens (tertiary/aromatic N) is 1. The summed E-state index contributed by atoms with van der Waals surface area (Å²) in [6, 6.07) is 0.849. The van der Waals surface area contributed by atoms with Gasteiger partial charge in [0.25, 0.3) is 0 Å². The van der Waals surface area contributed by atoms with Crippen LogP contribution in [0.1, 0.15) is 53.4 Å². The van der Waals surface area contributed by atoms with Gasteiger partial charge in [0.1, 0.15) is 0 Å². The molecule has 2 heteroatoms. The van der Waals surface area contributed by atoms with Crippen LogP contribution in [0, 0.1) is 11.8 Å². The second-order valence-electron chi connectivity index (χ2n) is 6.88. The molecule has 2 nitrogen and oxygen atoms in total. The van der Waals surface area contributed by atoms with Crippen LogP contribution in [-0.2, 0) is 0 Å². The lowest BCUT2D eigenvalue weighted by Crippen LogP contribution is -2.61. The molecule has 2 aliphatic rings. The van der Waals surface area contributed by atoms with E-state index in [1.165, 1.54) is 45.3 Å². The summed E-state index contributed by atoms with van der Waals surface area (Å²) in [6.07, 6.45) is 5.52. The smallest absolute Gasteiger partial charge is 0.0278 e. The Morgan fingerprint density at radius 1 is 1.18 bits per heavy atom. The first-order valence-corrected chi connectivity index (χ1v) is 7.51. The fourth-order valence-electron chi connectivity index (χ4n) is 3.84. The van der Waals surface area contributed by atoms with E-state index in [4.69, 9.17) is 0 Å². The van der Waals surface area contributed by atoms with Crippen molar-refractivity contribution >= 4 is 0 Å². The SMILES string of the molecule is CCC1(C)CN(C2CC(C)CC(C)C2)CCN1. The molecule has 0 amide bonds. The molecule has 1 saturated heterocycles. The molecule has 0 bridgehead atoms. The zero-order valence-electron chi connectivity index (χ0n) is 12.1. The van der Waals surface area contributed by atoms with Crippen LogP contribution >= 0.6 is 0 Å². The van der Waals surface area contributed by atoms with Crippen molar-refractivity contribution in [2.24, 2.45) is 11.8 Å². The molecule has 1 N–H and O–H groups in total. The van der Waals surface area contributed by atoms with Crippen LogP contribution < -0.4 is 5.32 Å². The maximum Gasteiger partial charge on any atom is 0.0278 e. The molecular weight excluding hydrogens is 208 g/mol. The molecule has 2 fully saturated rings. The number of piperazine rings is 1. The molecule has 2 rings (SSSR count). The Balaban J connectivity index is 1.97. The van der Waals surface area contributed by atoms with Crippen molar-refractivity contribution in [3.63, 3.8) is 0 Å². The zero-order chi connectivity index (χ0) is 12.5. The van der Waals surface area contributed by atoms with Gasteiger partial charge >= 0.3 is 0 Å². The van der Waals surface area contributed by atoms with Crippen molar-refractivity contribution in [3.05, 3.63) is 0 Å². The largest absolute Gasteiger partial charge is 0.309 e. The fourth-order valence-corrected chi connectivity index (χ4v) is 3.84. The summed E-state index contributed by atoms with van der Waals surface area (Å²) < 4.78 is 0. The van der Waals surface area contributed by atoms with Crippen LogP contribution in [0.15, 0.2) is 0 Å². The Hall–Kier alpha value is -0.0800. The Labute approximate surface area is 107 Å². The van der Waals surface area contributed by atoms with Gasteiger partial charge in [-0.25, -0.2) is 0 Å². The Morgan fingerprint density at radius 2 is 1.82 bits per heavy atom. The summed E-state index contributed by atoms with van der Waals surface area (Å²) in [6.45, 7) is 13.2. The number of hydrogen-bond donors (Lipinski definition) is 1.